The quantitative estimate of drug-likeness (QED) is 0.720. The second-order valence-electron chi connectivity index (χ2n) is 6.35. The molecule has 0 atom stereocenters. The van der Waals surface area contributed by atoms with E-state index in [1.807, 2.05) is 25.3 Å². The lowest BCUT2D eigenvalue weighted by atomic mass is 10.3. The summed E-state index contributed by atoms with van der Waals surface area (Å²) in [5.41, 5.74) is 2.53. The topological polar surface area (TPSA) is 92.6 Å². The Morgan fingerprint density at radius 1 is 1.15 bits per heavy atom. The average Bonchev–Trinajstić information content (AvgIpc) is 2.97. The first-order chi connectivity index (χ1) is 12.2. The summed E-state index contributed by atoms with van der Waals surface area (Å²) in [4.78, 5) is 16.8. The minimum atomic E-state index is -3.56. The van der Waals surface area contributed by atoms with Crippen molar-refractivity contribution < 1.29 is 13.2 Å². The molecule has 0 aliphatic heterocycles. The molecule has 3 rings (SSSR count). The van der Waals surface area contributed by atoms with Crippen LogP contribution in [0.25, 0.3) is 5.65 Å². The second kappa shape index (κ2) is 6.89. The molecule has 136 valence electrons. The number of carbonyl (C=O) groups is 1. The molecular formula is C18H20N4O3S. The SMILES string of the molecule is Cc1ccn2cc(C(=O)Nc3ccc(S(=O)(=O)NC(C)C)cc3)nc2c1. The molecule has 0 unspecified atom stereocenters. The smallest absolute Gasteiger partial charge is 0.275 e. The molecule has 0 radical (unpaired) electrons. The number of fused-ring (bicyclic) bond motifs is 1. The lowest BCUT2D eigenvalue weighted by molar-refractivity contribution is 0.102. The number of sulfonamides is 1. The van der Waals surface area contributed by atoms with Gasteiger partial charge in [-0.15, -0.1) is 0 Å². The van der Waals surface area contributed by atoms with Crippen molar-refractivity contribution in [2.45, 2.75) is 31.7 Å². The maximum absolute atomic E-state index is 12.4. The number of aromatic nitrogens is 2. The normalized spacial score (nSPS) is 11.8. The van der Waals surface area contributed by atoms with Crippen molar-refractivity contribution in [3.63, 3.8) is 0 Å². The molecule has 1 aromatic carbocycles. The Morgan fingerprint density at radius 3 is 2.50 bits per heavy atom. The highest BCUT2D eigenvalue weighted by Gasteiger charge is 2.16. The maximum atomic E-state index is 12.4. The maximum Gasteiger partial charge on any atom is 0.275 e. The third kappa shape index (κ3) is 3.92. The number of nitrogens with zero attached hydrogens (tertiary/aromatic N) is 2. The van der Waals surface area contributed by atoms with Gasteiger partial charge in [0, 0.05) is 24.1 Å². The minimum Gasteiger partial charge on any atom is -0.321 e. The van der Waals surface area contributed by atoms with E-state index in [0.29, 0.717) is 11.3 Å². The third-order valence-corrected chi connectivity index (χ3v) is 5.34. The van der Waals surface area contributed by atoms with Crippen LogP contribution in [0, 0.1) is 6.92 Å². The molecule has 2 aromatic heterocycles. The molecule has 2 heterocycles. The summed E-state index contributed by atoms with van der Waals surface area (Å²) in [5.74, 6) is -0.359. The van der Waals surface area contributed by atoms with E-state index in [1.54, 1.807) is 36.6 Å². The Hall–Kier alpha value is -2.71. The van der Waals surface area contributed by atoms with Crippen LogP contribution in [-0.2, 0) is 10.0 Å². The van der Waals surface area contributed by atoms with Crippen molar-refractivity contribution in [2.75, 3.05) is 5.32 Å². The largest absolute Gasteiger partial charge is 0.321 e. The van der Waals surface area contributed by atoms with Gasteiger partial charge in [0.05, 0.1) is 4.90 Å². The monoisotopic (exact) mass is 372 g/mol. The van der Waals surface area contributed by atoms with Crippen LogP contribution < -0.4 is 10.0 Å². The summed E-state index contributed by atoms with van der Waals surface area (Å²) in [6.45, 7) is 5.46. The molecule has 0 aliphatic carbocycles. The Bertz CT molecular complexity index is 1050. The molecule has 0 fully saturated rings. The van der Waals surface area contributed by atoms with Crippen LogP contribution in [0.3, 0.4) is 0 Å². The summed E-state index contributed by atoms with van der Waals surface area (Å²) in [6.07, 6.45) is 3.49. The molecule has 8 heteroatoms. The zero-order valence-corrected chi connectivity index (χ0v) is 15.5. The predicted molar refractivity (Wildman–Crippen MR) is 99.8 cm³/mol. The first-order valence-electron chi connectivity index (χ1n) is 8.14. The van der Waals surface area contributed by atoms with Gasteiger partial charge in [-0.1, -0.05) is 0 Å². The Labute approximate surface area is 152 Å². The molecule has 2 N–H and O–H groups in total. The summed E-state index contributed by atoms with van der Waals surface area (Å²) in [6, 6.07) is 9.62. The fraction of sp³-hybridized carbons (Fsp3) is 0.222. The third-order valence-electron chi connectivity index (χ3n) is 3.66. The van der Waals surface area contributed by atoms with Crippen LogP contribution in [0.5, 0.6) is 0 Å². The molecule has 0 saturated heterocycles. The van der Waals surface area contributed by atoms with Crippen LogP contribution in [0.2, 0.25) is 0 Å². The zero-order chi connectivity index (χ0) is 18.9. The average molecular weight is 372 g/mol. The van der Waals surface area contributed by atoms with E-state index >= 15 is 0 Å². The van der Waals surface area contributed by atoms with Gasteiger partial charge in [0.15, 0.2) is 0 Å². The Balaban J connectivity index is 1.76. The van der Waals surface area contributed by atoms with E-state index in [1.165, 1.54) is 12.1 Å². The van der Waals surface area contributed by atoms with Crippen molar-refractivity contribution in [1.29, 1.82) is 0 Å². The Morgan fingerprint density at radius 2 is 1.85 bits per heavy atom. The fourth-order valence-electron chi connectivity index (χ4n) is 2.48. The van der Waals surface area contributed by atoms with Crippen molar-refractivity contribution in [3.05, 3.63) is 60.0 Å². The van der Waals surface area contributed by atoms with Gasteiger partial charge in [0.2, 0.25) is 10.0 Å². The summed E-state index contributed by atoms with van der Waals surface area (Å²) in [5, 5.41) is 2.72. The van der Waals surface area contributed by atoms with Gasteiger partial charge in [0.25, 0.3) is 5.91 Å². The fourth-order valence-corrected chi connectivity index (χ4v) is 3.74. The van der Waals surface area contributed by atoms with Crippen LogP contribution in [0.4, 0.5) is 5.69 Å². The molecular weight excluding hydrogens is 352 g/mol. The minimum absolute atomic E-state index is 0.146. The number of hydrogen-bond acceptors (Lipinski definition) is 4. The molecule has 1 amide bonds. The van der Waals surface area contributed by atoms with Crippen molar-refractivity contribution in [3.8, 4) is 0 Å². The number of anilines is 1. The van der Waals surface area contributed by atoms with Crippen LogP contribution in [0.1, 0.15) is 29.9 Å². The molecule has 7 nitrogen and oxygen atoms in total. The Kier molecular flexibility index (Phi) is 4.80. The molecule has 0 bridgehead atoms. The first kappa shape index (κ1) is 18.1. The van der Waals surface area contributed by atoms with Crippen molar-refractivity contribution >= 4 is 27.3 Å². The lowest BCUT2D eigenvalue weighted by Gasteiger charge is -2.10. The highest BCUT2D eigenvalue weighted by atomic mass is 32.2. The van der Waals surface area contributed by atoms with Gasteiger partial charge in [0.1, 0.15) is 11.3 Å². The standard InChI is InChI=1S/C18H20N4O3S/c1-12(2)21-26(24,25)15-6-4-14(5-7-15)19-18(23)16-11-22-9-8-13(3)10-17(22)20-16/h4-12,21H,1-3H3,(H,19,23). The van der Waals surface area contributed by atoms with Gasteiger partial charge >= 0.3 is 0 Å². The number of aryl methyl sites for hydroxylation is 1. The number of benzene rings is 1. The van der Waals surface area contributed by atoms with E-state index < -0.39 is 10.0 Å². The highest BCUT2D eigenvalue weighted by Crippen LogP contribution is 2.16. The molecule has 0 aliphatic rings. The molecule has 0 saturated carbocycles. The van der Waals surface area contributed by atoms with Crippen LogP contribution in [0.15, 0.2) is 53.7 Å². The van der Waals surface area contributed by atoms with Gasteiger partial charge < -0.3 is 9.72 Å². The van der Waals surface area contributed by atoms with E-state index in [4.69, 9.17) is 0 Å². The number of nitrogens with one attached hydrogen (secondary N) is 2. The zero-order valence-electron chi connectivity index (χ0n) is 14.7. The molecule has 26 heavy (non-hydrogen) atoms. The van der Waals surface area contributed by atoms with Gasteiger partial charge in [-0.2, -0.15) is 0 Å². The molecule has 3 aromatic rings. The van der Waals surface area contributed by atoms with E-state index in [2.05, 4.69) is 15.0 Å². The highest BCUT2D eigenvalue weighted by molar-refractivity contribution is 7.89. The van der Waals surface area contributed by atoms with Gasteiger partial charge in [-0.05, 0) is 62.7 Å². The van der Waals surface area contributed by atoms with Crippen LogP contribution in [-0.4, -0.2) is 29.8 Å². The van der Waals surface area contributed by atoms with E-state index in [9.17, 15) is 13.2 Å². The van der Waals surface area contributed by atoms with Gasteiger partial charge in [-0.25, -0.2) is 18.1 Å². The van der Waals surface area contributed by atoms with Crippen molar-refractivity contribution in [1.82, 2.24) is 14.1 Å². The predicted octanol–water partition coefficient (Wildman–Crippen LogP) is 2.58. The van der Waals surface area contributed by atoms with Crippen LogP contribution >= 0.6 is 0 Å². The number of hydrogen-bond donors (Lipinski definition) is 2. The number of rotatable bonds is 5. The number of imidazole rings is 1. The summed E-state index contributed by atoms with van der Waals surface area (Å²) >= 11 is 0. The summed E-state index contributed by atoms with van der Waals surface area (Å²) in [7, 11) is -3.56. The second-order valence-corrected chi connectivity index (χ2v) is 8.06. The number of pyridine rings is 1. The van der Waals surface area contributed by atoms with Crippen molar-refractivity contribution in [2.24, 2.45) is 0 Å². The summed E-state index contributed by atoms with van der Waals surface area (Å²) < 4.78 is 28.5. The lowest BCUT2D eigenvalue weighted by Crippen LogP contribution is -2.30. The van der Waals surface area contributed by atoms with E-state index in [0.717, 1.165) is 5.56 Å². The van der Waals surface area contributed by atoms with E-state index in [-0.39, 0.29) is 22.5 Å². The number of amides is 1. The molecule has 0 spiro atoms. The van der Waals surface area contributed by atoms with Gasteiger partial charge in [-0.3, -0.25) is 4.79 Å². The number of carbonyl (C=O) groups excluding carboxylic acids is 1. The first-order valence-corrected chi connectivity index (χ1v) is 9.62.